The van der Waals surface area contributed by atoms with Gasteiger partial charge in [0.2, 0.25) is 0 Å². The van der Waals surface area contributed by atoms with E-state index in [0.717, 1.165) is 28.1 Å². The monoisotopic (exact) mass is 282 g/mol. The van der Waals surface area contributed by atoms with Gasteiger partial charge in [-0.25, -0.2) is 4.98 Å². The van der Waals surface area contributed by atoms with E-state index >= 15 is 0 Å². The topological polar surface area (TPSA) is 77.8 Å². The highest BCUT2D eigenvalue weighted by Crippen LogP contribution is 2.26. The Morgan fingerprint density at radius 1 is 0.950 bits per heavy atom. The molecule has 0 unspecified atom stereocenters. The SMILES string of the molecule is NCc1ccc(-c2ccc(-c3csc(N)n3)cc2)cn1. The normalized spacial score (nSPS) is 10.7. The lowest BCUT2D eigenvalue weighted by Crippen LogP contribution is -1.98. The zero-order valence-electron chi connectivity index (χ0n) is 10.8. The first kappa shape index (κ1) is 12.8. The number of nitrogens with two attached hydrogens (primary N) is 2. The van der Waals surface area contributed by atoms with Gasteiger partial charge in [-0.05, 0) is 11.6 Å². The standard InChI is InChI=1S/C15H14N4S/c16-7-13-6-5-12(8-18-13)10-1-3-11(4-2-10)14-9-20-15(17)19-14/h1-6,8-9H,7,16H2,(H2,17,19). The third-order valence-corrected chi connectivity index (χ3v) is 3.74. The van der Waals surface area contributed by atoms with Gasteiger partial charge in [-0.3, -0.25) is 4.98 Å². The van der Waals surface area contributed by atoms with Crippen molar-refractivity contribution >= 4 is 16.5 Å². The van der Waals surface area contributed by atoms with Gasteiger partial charge in [0.05, 0.1) is 11.4 Å². The molecule has 0 saturated heterocycles. The number of aromatic nitrogens is 2. The first-order valence-electron chi connectivity index (χ1n) is 6.23. The number of nitrogens with zero attached hydrogens (tertiary/aromatic N) is 2. The average Bonchev–Trinajstić information content (AvgIpc) is 2.94. The van der Waals surface area contributed by atoms with Crippen molar-refractivity contribution in [2.75, 3.05) is 5.73 Å². The summed E-state index contributed by atoms with van der Waals surface area (Å²) in [6, 6.07) is 12.2. The van der Waals surface area contributed by atoms with Crippen molar-refractivity contribution in [3.63, 3.8) is 0 Å². The van der Waals surface area contributed by atoms with E-state index in [1.165, 1.54) is 11.3 Å². The third kappa shape index (κ3) is 2.54. The fourth-order valence-electron chi connectivity index (χ4n) is 1.97. The minimum Gasteiger partial charge on any atom is -0.375 e. The highest BCUT2D eigenvalue weighted by molar-refractivity contribution is 7.13. The Hall–Kier alpha value is -2.24. The Morgan fingerprint density at radius 3 is 2.20 bits per heavy atom. The molecule has 5 heteroatoms. The molecule has 3 aromatic rings. The van der Waals surface area contributed by atoms with Crippen molar-refractivity contribution in [1.29, 1.82) is 0 Å². The lowest BCUT2D eigenvalue weighted by atomic mass is 10.0. The number of hydrogen-bond donors (Lipinski definition) is 2. The molecule has 4 N–H and O–H groups in total. The second-order valence-electron chi connectivity index (χ2n) is 4.39. The van der Waals surface area contributed by atoms with Gasteiger partial charge in [0.1, 0.15) is 0 Å². The maximum atomic E-state index is 5.65. The largest absolute Gasteiger partial charge is 0.375 e. The Morgan fingerprint density at radius 2 is 1.65 bits per heavy atom. The molecule has 0 spiro atoms. The van der Waals surface area contributed by atoms with Crippen molar-refractivity contribution in [3.05, 3.63) is 53.7 Å². The molecule has 2 aromatic heterocycles. The number of nitrogen functional groups attached to an aromatic ring is 1. The fourth-order valence-corrected chi connectivity index (χ4v) is 2.54. The van der Waals surface area contributed by atoms with Crippen LogP contribution in [-0.4, -0.2) is 9.97 Å². The molecule has 20 heavy (non-hydrogen) atoms. The molecule has 4 nitrogen and oxygen atoms in total. The van der Waals surface area contributed by atoms with E-state index in [4.69, 9.17) is 11.5 Å². The molecule has 1 aromatic carbocycles. The highest BCUT2D eigenvalue weighted by Gasteiger charge is 2.04. The van der Waals surface area contributed by atoms with Crippen LogP contribution in [0.1, 0.15) is 5.69 Å². The first-order chi connectivity index (χ1) is 9.76. The lowest BCUT2D eigenvalue weighted by molar-refractivity contribution is 0.991. The van der Waals surface area contributed by atoms with Gasteiger partial charge in [0, 0.05) is 29.2 Å². The second-order valence-corrected chi connectivity index (χ2v) is 5.28. The summed E-state index contributed by atoms with van der Waals surface area (Å²) in [5.41, 5.74) is 16.3. The Kier molecular flexibility index (Phi) is 3.45. The summed E-state index contributed by atoms with van der Waals surface area (Å²) in [6.07, 6.45) is 1.85. The fraction of sp³-hybridized carbons (Fsp3) is 0.0667. The number of benzene rings is 1. The van der Waals surface area contributed by atoms with E-state index in [9.17, 15) is 0 Å². The molecular weight excluding hydrogens is 268 g/mol. The van der Waals surface area contributed by atoms with E-state index in [-0.39, 0.29) is 0 Å². The molecule has 0 amide bonds. The molecule has 0 saturated carbocycles. The summed E-state index contributed by atoms with van der Waals surface area (Å²) in [6.45, 7) is 0.463. The molecule has 3 rings (SSSR count). The molecule has 0 bridgehead atoms. The maximum absolute atomic E-state index is 5.65. The van der Waals surface area contributed by atoms with Gasteiger partial charge in [0.15, 0.2) is 5.13 Å². The maximum Gasteiger partial charge on any atom is 0.180 e. The quantitative estimate of drug-likeness (QED) is 0.774. The van der Waals surface area contributed by atoms with Crippen LogP contribution < -0.4 is 11.5 Å². The van der Waals surface area contributed by atoms with Crippen LogP contribution in [0.5, 0.6) is 0 Å². The Labute approximate surface area is 121 Å². The summed E-state index contributed by atoms with van der Waals surface area (Å²) in [4.78, 5) is 8.58. The second kappa shape index (κ2) is 5.40. The van der Waals surface area contributed by atoms with E-state index in [0.29, 0.717) is 11.7 Å². The lowest BCUT2D eigenvalue weighted by Gasteiger charge is -2.04. The van der Waals surface area contributed by atoms with Crippen LogP contribution >= 0.6 is 11.3 Å². The van der Waals surface area contributed by atoms with Crippen LogP contribution in [-0.2, 0) is 6.54 Å². The van der Waals surface area contributed by atoms with Crippen molar-refractivity contribution in [2.45, 2.75) is 6.54 Å². The number of thiazole rings is 1. The number of hydrogen-bond acceptors (Lipinski definition) is 5. The van der Waals surface area contributed by atoms with Crippen LogP contribution in [0.15, 0.2) is 48.0 Å². The van der Waals surface area contributed by atoms with Crippen LogP contribution in [0.2, 0.25) is 0 Å². The molecule has 0 aliphatic heterocycles. The summed E-state index contributed by atoms with van der Waals surface area (Å²) in [7, 11) is 0. The minimum atomic E-state index is 0.463. The molecule has 2 heterocycles. The van der Waals surface area contributed by atoms with Gasteiger partial charge in [0.25, 0.3) is 0 Å². The smallest absolute Gasteiger partial charge is 0.180 e. The predicted octanol–water partition coefficient (Wildman–Crippen LogP) is 2.91. The van der Waals surface area contributed by atoms with Gasteiger partial charge in [-0.1, -0.05) is 30.3 Å². The Bertz CT molecular complexity index is 701. The van der Waals surface area contributed by atoms with Crippen LogP contribution in [0, 0.1) is 0 Å². The summed E-state index contributed by atoms with van der Waals surface area (Å²) in [5, 5.41) is 2.55. The zero-order valence-corrected chi connectivity index (χ0v) is 11.6. The first-order valence-corrected chi connectivity index (χ1v) is 7.11. The minimum absolute atomic E-state index is 0.463. The molecule has 0 radical (unpaired) electrons. The van der Waals surface area contributed by atoms with E-state index in [2.05, 4.69) is 22.1 Å². The number of pyridine rings is 1. The number of rotatable bonds is 3. The van der Waals surface area contributed by atoms with Gasteiger partial charge >= 0.3 is 0 Å². The molecule has 0 atom stereocenters. The summed E-state index contributed by atoms with van der Waals surface area (Å²) in [5.74, 6) is 0. The van der Waals surface area contributed by atoms with Crippen LogP contribution in [0.25, 0.3) is 22.4 Å². The third-order valence-electron chi connectivity index (χ3n) is 3.07. The molecule has 0 aliphatic carbocycles. The summed E-state index contributed by atoms with van der Waals surface area (Å²) >= 11 is 1.45. The van der Waals surface area contributed by atoms with Gasteiger partial charge < -0.3 is 11.5 Å². The molecule has 100 valence electrons. The van der Waals surface area contributed by atoms with Crippen molar-refractivity contribution < 1.29 is 0 Å². The van der Waals surface area contributed by atoms with Crippen molar-refractivity contribution in [1.82, 2.24) is 9.97 Å². The predicted molar refractivity (Wildman–Crippen MR) is 83.1 cm³/mol. The Balaban J connectivity index is 1.88. The van der Waals surface area contributed by atoms with E-state index < -0.39 is 0 Å². The average molecular weight is 282 g/mol. The molecule has 0 aliphatic rings. The summed E-state index contributed by atoms with van der Waals surface area (Å²) < 4.78 is 0. The van der Waals surface area contributed by atoms with Gasteiger partial charge in [-0.15, -0.1) is 11.3 Å². The molecule has 0 fully saturated rings. The van der Waals surface area contributed by atoms with Crippen molar-refractivity contribution in [3.8, 4) is 22.4 Å². The number of anilines is 1. The van der Waals surface area contributed by atoms with E-state index in [1.807, 2.05) is 35.8 Å². The molecular formula is C15H14N4S. The highest BCUT2D eigenvalue weighted by atomic mass is 32.1. The van der Waals surface area contributed by atoms with Gasteiger partial charge in [-0.2, -0.15) is 0 Å². The van der Waals surface area contributed by atoms with E-state index in [1.54, 1.807) is 0 Å². The zero-order chi connectivity index (χ0) is 13.9. The van der Waals surface area contributed by atoms with Crippen molar-refractivity contribution in [2.24, 2.45) is 5.73 Å². The van der Waals surface area contributed by atoms with Crippen LogP contribution in [0.4, 0.5) is 5.13 Å². The van der Waals surface area contributed by atoms with Crippen LogP contribution in [0.3, 0.4) is 0 Å².